The molecule has 3 N–H and O–H groups in total. The van der Waals surface area contributed by atoms with Crippen LogP contribution < -0.4 is 5.32 Å². The van der Waals surface area contributed by atoms with Crippen molar-refractivity contribution in [2.75, 3.05) is 5.32 Å². The largest absolute Gasteiger partial charge is 0.478 e. The molecule has 3 heterocycles. The molecule has 0 spiro atoms. The van der Waals surface area contributed by atoms with E-state index in [1.165, 1.54) is 11.0 Å². The number of carboxylic acids is 1. The first-order valence-electron chi connectivity index (χ1n) is 8.01. The Morgan fingerprint density at radius 2 is 2.00 bits per heavy atom. The van der Waals surface area contributed by atoms with Crippen LogP contribution in [-0.2, 0) is 7.05 Å². The molecule has 0 aliphatic heterocycles. The second-order valence-electron chi connectivity index (χ2n) is 5.86. The van der Waals surface area contributed by atoms with E-state index in [1.54, 1.807) is 43.4 Å². The summed E-state index contributed by atoms with van der Waals surface area (Å²) in [7, 11) is 1.67. The number of carbonyl (C=O) groups excluding carboxylic acids is 1. The van der Waals surface area contributed by atoms with E-state index in [0.29, 0.717) is 22.7 Å². The van der Waals surface area contributed by atoms with Crippen molar-refractivity contribution in [3.63, 3.8) is 0 Å². The van der Waals surface area contributed by atoms with Gasteiger partial charge in [0.2, 0.25) is 5.82 Å². The Morgan fingerprint density at radius 1 is 1.19 bits per heavy atom. The van der Waals surface area contributed by atoms with Gasteiger partial charge in [-0.15, -0.1) is 5.10 Å². The molecule has 0 bridgehead atoms. The van der Waals surface area contributed by atoms with E-state index in [2.05, 4.69) is 25.4 Å². The van der Waals surface area contributed by atoms with Crippen LogP contribution in [0.4, 0.5) is 5.82 Å². The number of fused-ring (bicyclic) bond motifs is 1. The number of aryl methyl sites for hydroxylation is 1. The molecule has 0 unspecified atom stereocenters. The van der Waals surface area contributed by atoms with Gasteiger partial charge in [-0.25, -0.2) is 14.8 Å². The molecule has 0 saturated carbocycles. The highest BCUT2D eigenvalue weighted by Gasteiger charge is 2.15. The van der Waals surface area contributed by atoms with Crippen molar-refractivity contribution in [3.05, 3.63) is 60.2 Å². The Kier molecular flexibility index (Phi) is 3.88. The molecule has 9 heteroatoms. The van der Waals surface area contributed by atoms with Crippen molar-refractivity contribution >= 4 is 28.7 Å². The van der Waals surface area contributed by atoms with E-state index in [1.807, 2.05) is 6.07 Å². The van der Waals surface area contributed by atoms with Gasteiger partial charge >= 0.3 is 5.97 Å². The molecule has 27 heavy (non-hydrogen) atoms. The van der Waals surface area contributed by atoms with Crippen molar-refractivity contribution in [3.8, 4) is 11.3 Å². The minimum Gasteiger partial charge on any atom is -0.478 e. The van der Waals surface area contributed by atoms with Gasteiger partial charge in [0, 0.05) is 23.7 Å². The fourth-order valence-corrected chi connectivity index (χ4v) is 2.74. The molecule has 0 radical (unpaired) electrons. The third-order valence-electron chi connectivity index (χ3n) is 3.97. The van der Waals surface area contributed by atoms with Crippen LogP contribution in [-0.4, -0.2) is 41.7 Å². The van der Waals surface area contributed by atoms with Gasteiger partial charge < -0.3 is 15.4 Å². The van der Waals surface area contributed by atoms with Crippen LogP contribution >= 0.6 is 0 Å². The number of rotatable bonds is 4. The predicted molar refractivity (Wildman–Crippen MR) is 97.4 cm³/mol. The Bertz CT molecular complexity index is 1180. The van der Waals surface area contributed by atoms with Crippen molar-refractivity contribution in [1.82, 2.24) is 24.7 Å². The lowest BCUT2D eigenvalue weighted by Crippen LogP contribution is -2.15. The molecule has 3 aromatic heterocycles. The fraction of sp³-hybridized carbons (Fsp3) is 0.0556. The van der Waals surface area contributed by atoms with E-state index >= 15 is 0 Å². The summed E-state index contributed by atoms with van der Waals surface area (Å²) in [5.74, 6) is -1.10. The molecule has 134 valence electrons. The quantitative estimate of drug-likeness (QED) is 0.511. The van der Waals surface area contributed by atoms with Gasteiger partial charge in [-0.05, 0) is 24.3 Å². The van der Waals surface area contributed by atoms with Crippen LogP contribution in [0.25, 0.3) is 22.3 Å². The van der Waals surface area contributed by atoms with Crippen molar-refractivity contribution in [2.45, 2.75) is 0 Å². The smallest absolute Gasteiger partial charge is 0.336 e. The number of H-pyrrole nitrogens is 1. The average Bonchev–Trinajstić information content (AvgIpc) is 3.27. The molecule has 0 fully saturated rings. The second-order valence-corrected chi connectivity index (χ2v) is 5.86. The van der Waals surface area contributed by atoms with Crippen molar-refractivity contribution in [2.24, 2.45) is 7.05 Å². The van der Waals surface area contributed by atoms with Crippen LogP contribution in [0, 0.1) is 0 Å². The molecule has 0 aliphatic carbocycles. The summed E-state index contributed by atoms with van der Waals surface area (Å²) in [6.45, 7) is 0. The third-order valence-corrected chi connectivity index (χ3v) is 3.97. The first-order chi connectivity index (χ1) is 13.0. The molecule has 4 aromatic rings. The summed E-state index contributed by atoms with van der Waals surface area (Å²) < 4.78 is 1.43. The molecule has 0 saturated heterocycles. The predicted octanol–water partition coefficient (Wildman–Crippen LogP) is 2.31. The average molecular weight is 362 g/mol. The number of anilines is 1. The molecule has 9 nitrogen and oxygen atoms in total. The van der Waals surface area contributed by atoms with Gasteiger partial charge in [-0.3, -0.25) is 9.48 Å². The molecule has 0 atom stereocenters. The summed E-state index contributed by atoms with van der Waals surface area (Å²) in [4.78, 5) is 34.9. The summed E-state index contributed by atoms with van der Waals surface area (Å²) in [5, 5.41) is 16.7. The maximum Gasteiger partial charge on any atom is 0.336 e. The minimum atomic E-state index is -1.01. The van der Waals surface area contributed by atoms with Crippen LogP contribution in [0.3, 0.4) is 0 Å². The molecule has 4 rings (SSSR count). The highest BCUT2D eigenvalue weighted by atomic mass is 16.4. The normalized spacial score (nSPS) is 10.9. The zero-order valence-electron chi connectivity index (χ0n) is 14.2. The van der Waals surface area contributed by atoms with Crippen LogP contribution in [0.15, 0.2) is 48.8 Å². The van der Waals surface area contributed by atoms with E-state index in [0.717, 1.165) is 5.39 Å². The Morgan fingerprint density at radius 3 is 2.74 bits per heavy atom. The van der Waals surface area contributed by atoms with Gasteiger partial charge in [0.25, 0.3) is 5.91 Å². The fourth-order valence-electron chi connectivity index (χ4n) is 2.74. The summed E-state index contributed by atoms with van der Waals surface area (Å²) in [5.41, 5.74) is 1.91. The number of aromatic carboxylic acids is 1. The van der Waals surface area contributed by atoms with Gasteiger partial charge in [0.1, 0.15) is 17.8 Å². The highest BCUT2D eigenvalue weighted by molar-refractivity contribution is 6.01. The molecule has 1 aromatic carbocycles. The standard InChI is InChI=1S/C18H14N6O3/c1-24-9-19-16(23-24)17(25)22-14-7-6-10-8-13(20-15(10)21-14)11-4-2-3-5-12(11)18(26)27/h2-9H,1H3,(H,26,27)(H2,20,21,22,25). The Labute approximate surface area is 152 Å². The van der Waals surface area contributed by atoms with E-state index in [-0.39, 0.29) is 11.4 Å². The van der Waals surface area contributed by atoms with Crippen LogP contribution in [0.5, 0.6) is 0 Å². The summed E-state index contributed by atoms with van der Waals surface area (Å²) in [6.07, 6.45) is 1.43. The molecule has 0 aliphatic rings. The number of amides is 1. The SMILES string of the molecule is Cn1cnc(C(=O)Nc2ccc3cc(-c4ccccc4C(=O)O)[nH]c3n2)n1. The molecular formula is C18H14N6O3. The number of nitrogens with zero attached hydrogens (tertiary/aromatic N) is 4. The number of pyridine rings is 1. The number of carbonyl (C=O) groups is 2. The number of aromatic amines is 1. The van der Waals surface area contributed by atoms with E-state index < -0.39 is 11.9 Å². The van der Waals surface area contributed by atoms with Gasteiger partial charge in [0.05, 0.1) is 5.56 Å². The van der Waals surface area contributed by atoms with E-state index in [9.17, 15) is 14.7 Å². The first kappa shape index (κ1) is 16.5. The zero-order valence-corrected chi connectivity index (χ0v) is 14.2. The number of benzene rings is 1. The van der Waals surface area contributed by atoms with E-state index in [4.69, 9.17) is 0 Å². The van der Waals surface area contributed by atoms with Crippen LogP contribution in [0.1, 0.15) is 21.0 Å². The number of aromatic nitrogens is 5. The lowest BCUT2D eigenvalue weighted by Gasteiger charge is -2.03. The topological polar surface area (TPSA) is 126 Å². The van der Waals surface area contributed by atoms with Gasteiger partial charge in [-0.1, -0.05) is 18.2 Å². The third kappa shape index (κ3) is 3.13. The Hall–Kier alpha value is -4.01. The molecule has 1 amide bonds. The molecular weight excluding hydrogens is 348 g/mol. The first-order valence-corrected chi connectivity index (χ1v) is 8.01. The summed E-state index contributed by atoms with van der Waals surface area (Å²) in [6, 6.07) is 12.0. The lowest BCUT2D eigenvalue weighted by molar-refractivity contribution is 0.0697. The maximum atomic E-state index is 12.1. The number of carboxylic acid groups (broad SMARTS) is 1. The minimum absolute atomic E-state index is 0.0435. The Balaban J connectivity index is 1.66. The number of hydrogen-bond acceptors (Lipinski definition) is 5. The van der Waals surface area contributed by atoms with Crippen molar-refractivity contribution in [1.29, 1.82) is 0 Å². The lowest BCUT2D eigenvalue weighted by atomic mass is 10.0. The van der Waals surface area contributed by atoms with Crippen molar-refractivity contribution < 1.29 is 14.7 Å². The van der Waals surface area contributed by atoms with Gasteiger partial charge in [-0.2, -0.15) is 0 Å². The monoisotopic (exact) mass is 362 g/mol. The maximum absolute atomic E-state index is 12.1. The number of hydrogen-bond donors (Lipinski definition) is 3. The summed E-state index contributed by atoms with van der Waals surface area (Å²) >= 11 is 0. The second kappa shape index (κ2) is 6.37. The highest BCUT2D eigenvalue weighted by Crippen LogP contribution is 2.27. The number of nitrogens with one attached hydrogen (secondary N) is 2. The zero-order chi connectivity index (χ0) is 19.0. The van der Waals surface area contributed by atoms with Crippen LogP contribution in [0.2, 0.25) is 0 Å². The van der Waals surface area contributed by atoms with Gasteiger partial charge in [0.15, 0.2) is 0 Å².